The zero-order valence-electron chi connectivity index (χ0n) is 17.6. The lowest BCUT2D eigenvalue weighted by atomic mass is 9.99. The number of amides is 2. The molecular weight excluding hydrogens is 424 g/mol. The zero-order valence-corrected chi connectivity index (χ0v) is 18.4. The second-order valence-corrected chi connectivity index (χ2v) is 9.17. The standard InChI is InChI=1S/C25H26N2O4S/c28-22(23(29)25(31)27-13-12-18-8-4-5-9-19(18)16-27)24(30)26-15-21-11-10-20(32-21)14-17-6-2-1-3-7-17/h1-11,22-23,28-29H,12-16H2,(H,26,30)/t22-,23-/m1/s1. The van der Waals surface area contributed by atoms with E-state index in [9.17, 15) is 19.8 Å². The van der Waals surface area contributed by atoms with Gasteiger partial charge in [0.1, 0.15) is 0 Å². The molecule has 4 rings (SSSR count). The van der Waals surface area contributed by atoms with E-state index in [1.807, 2.05) is 54.6 Å². The van der Waals surface area contributed by atoms with Gasteiger partial charge in [0, 0.05) is 29.3 Å². The summed E-state index contributed by atoms with van der Waals surface area (Å²) in [6, 6.07) is 21.9. The first-order chi connectivity index (χ1) is 15.5. The summed E-state index contributed by atoms with van der Waals surface area (Å²) in [7, 11) is 0. The minimum absolute atomic E-state index is 0.230. The number of rotatable bonds is 7. The third-order valence-electron chi connectivity index (χ3n) is 5.64. The number of carbonyl (C=O) groups excluding carboxylic acids is 2. The zero-order chi connectivity index (χ0) is 22.5. The highest BCUT2D eigenvalue weighted by molar-refractivity contribution is 7.12. The van der Waals surface area contributed by atoms with Crippen LogP contribution in [0.3, 0.4) is 0 Å². The SMILES string of the molecule is O=C(NCc1ccc(Cc2ccccc2)s1)[C@H](O)[C@@H](O)C(=O)N1CCc2ccccc2C1. The van der Waals surface area contributed by atoms with Crippen molar-refractivity contribution in [3.05, 3.63) is 93.2 Å². The Morgan fingerprint density at radius 1 is 0.906 bits per heavy atom. The van der Waals surface area contributed by atoms with E-state index in [0.717, 1.165) is 16.9 Å². The van der Waals surface area contributed by atoms with Gasteiger partial charge in [0.15, 0.2) is 12.2 Å². The molecule has 0 unspecified atom stereocenters. The molecule has 1 aliphatic heterocycles. The van der Waals surface area contributed by atoms with Crippen molar-refractivity contribution < 1.29 is 19.8 Å². The Labute approximate surface area is 191 Å². The fourth-order valence-corrected chi connectivity index (χ4v) is 4.83. The highest BCUT2D eigenvalue weighted by atomic mass is 32.1. The van der Waals surface area contributed by atoms with Gasteiger partial charge in [0.2, 0.25) is 0 Å². The summed E-state index contributed by atoms with van der Waals surface area (Å²) in [6.07, 6.45) is -2.12. The van der Waals surface area contributed by atoms with E-state index in [4.69, 9.17) is 0 Å². The molecule has 0 spiro atoms. The van der Waals surface area contributed by atoms with Crippen molar-refractivity contribution in [1.82, 2.24) is 10.2 Å². The van der Waals surface area contributed by atoms with Crippen LogP contribution in [0, 0.1) is 0 Å². The lowest BCUT2D eigenvalue weighted by Gasteiger charge is -2.31. The summed E-state index contributed by atoms with van der Waals surface area (Å²) in [4.78, 5) is 28.6. The quantitative estimate of drug-likeness (QED) is 0.515. The highest BCUT2D eigenvalue weighted by Crippen LogP contribution is 2.21. The Bertz CT molecular complexity index is 1080. The molecule has 0 saturated carbocycles. The van der Waals surface area contributed by atoms with E-state index in [2.05, 4.69) is 17.4 Å². The van der Waals surface area contributed by atoms with Gasteiger partial charge in [-0.15, -0.1) is 11.3 Å². The second-order valence-electron chi connectivity index (χ2n) is 7.92. The van der Waals surface area contributed by atoms with Gasteiger partial charge in [-0.2, -0.15) is 0 Å². The molecule has 32 heavy (non-hydrogen) atoms. The van der Waals surface area contributed by atoms with Crippen molar-refractivity contribution in [1.29, 1.82) is 0 Å². The number of fused-ring (bicyclic) bond motifs is 1. The maximum Gasteiger partial charge on any atom is 0.255 e. The van der Waals surface area contributed by atoms with Crippen molar-refractivity contribution >= 4 is 23.2 Å². The molecule has 2 aromatic carbocycles. The van der Waals surface area contributed by atoms with Gasteiger partial charge in [-0.05, 0) is 35.2 Å². The molecule has 6 nitrogen and oxygen atoms in total. The molecular formula is C25H26N2O4S. The molecule has 3 N–H and O–H groups in total. The van der Waals surface area contributed by atoms with E-state index >= 15 is 0 Å². The van der Waals surface area contributed by atoms with Crippen molar-refractivity contribution in [2.24, 2.45) is 0 Å². The molecule has 3 aromatic rings. The van der Waals surface area contributed by atoms with E-state index in [1.54, 1.807) is 11.3 Å². The van der Waals surface area contributed by atoms with Crippen molar-refractivity contribution in [2.45, 2.75) is 38.1 Å². The Hall–Kier alpha value is -3.00. The van der Waals surface area contributed by atoms with Crippen LogP contribution in [0.4, 0.5) is 0 Å². The molecule has 1 aromatic heterocycles. The summed E-state index contributed by atoms with van der Waals surface area (Å²) in [5.74, 6) is -1.40. The smallest absolute Gasteiger partial charge is 0.255 e. The van der Waals surface area contributed by atoms with Gasteiger partial charge in [-0.25, -0.2) is 0 Å². The minimum Gasteiger partial charge on any atom is -0.380 e. The van der Waals surface area contributed by atoms with Crippen molar-refractivity contribution in [2.75, 3.05) is 6.54 Å². The summed E-state index contributed by atoms with van der Waals surface area (Å²) >= 11 is 1.58. The summed E-state index contributed by atoms with van der Waals surface area (Å²) in [5.41, 5.74) is 3.40. The van der Waals surface area contributed by atoms with Crippen LogP contribution in [-0.2, 0) is 35.5 Å². The number of hydrogen-bond donors (Lipinski definition) is 3. The van der Waals surface area contributed by atoms with Crippen LogP contribution in [0.15, 0.2) is 66.7 Å². The molecule has 2 atom stereocenters. The predicted octanol–water partition coefficient (Wildman–Crippen LogP) is 2.26. The lowest BCUT2D eigenvalue weighted by Crippen LogP contribution is -2.51. The molecule has 0 saturated heterocycles. The Kier molecular flexibility index (Phi) is 6.99. The summed E-state index contributed by atoms with van der Waals surface area (Å²) < 4.78 is 0. The number of aliphatic hydroxyl groups is 2. The molecule has 2 amide bonds. The van der Waals surface area contributed by atoms with E-state index in [0.29, 0.717) is 19.5 Å². The molecule has 2 heterocycles. The number of hydrogen-bond acceptors (Lipinski definition) is 5. The van der Waals surface area contributed by atoms with Crippen molar-refractivity contribution in [3.63, 3.8) is 0 Å². The van der Waals surface area contributed by atoms with Crippen LogP contribution in [0.1, 0.15) is 26.4 Å². The first kappa shape index (κ1) is 22.2. The molecule has 7 heteroatoms. The van der Waals surface area contributed by atoms with Crippen LogP contribution >= 0.6 is 11.3 Å². The topological polar surface area (TPSA) is 89.9 Å². The van der Waals surface area contributed by atoms with Gasteiger partial charge in [0.05, 0.1) is 6.54 Å². The fourth-order valence-electron chi connectivity index (χ4n) is 3.84. The van der Waals surface area contributed by atoms with Crippen LogP contribution in [-0.4, -0.2) is 45.7 Å². The number of aliphatic hydroxyl groups excluding tert-OH is 2. The van der Waals surface area contributed by atoms with Gasteiger partial charge >= 0.3 is 0 Å². The average Bonchev–Trinajstić information content (AvgIpc) is 3.28. The van der Waals surface area contributed by atoms with E-state index in [1.165, 1.54) is 20.9 Å². The largest absolute Gasteiger partial charge is 0.380 e. The van der Waals surface area contributed by atoms with Crippen molar-refractivity contribution in [3.8, 4) is 0 Å². The van der Waals surface area contributed by atoms with Gasteiger partial charge < -0.3 is 20.4 Å². The number of nitrogens with one attached hydrogen (secondary N) is 1. The number of carbonyl (C=O) groups is 2. The van der Waals surface area contributed by atoms with Crippen LogP contribution in [0.25, 0.3) is 0 Å². The molecule has 166 valence electrons. The number of benzene rings is 2. The van der Waals surface area contributed by atoms with E-state index in [-0.39, 0.29) is 6.54 Å². The van der Waals surface area contributed by atoms with Crippen LogP contribution < -0.4 is 5.32 Å². The van der Waals surface area contributed by atoms with Gasteiger partial charge in [-0.1, -0.05) is 54.6 Å². The minimum atomic E-state index is -1.82. The number of thiophene rings is 1. The van der Waals surface area contributed by atoms with Gasteiger partial charge in [-0.3, -0.25) is 9.59 Å². The molecule has 1 aliphatic rings. The molecule has 0 aliphatic carbocycles. The highest BCUT2D eigenvalue weighted by Gasteiger charge is 2.34. The molecule has 0 fully saturated rings. The monoisotopic (exact) mass is 450 g/mol. The Morgan fingerprint density at radius 2 is 1.59 bits per heavy atom. The molecule has 0 radical (unpaired) electrons. The Morgan fingerprint density at radius 3 is 2.38 bits per heavy atom. The fraction of sp³-hybridized carbons (Fsp3) is 0.280. The maximum absolute atomic E-state index is 12.6. The summed E-state index contributed by atoms with van der Waals surface area (Å²) in [6.45, 7) is 1.04. The third-order valence-corrected chi connectivity index (χ3v) is 6.72. The average molecular weight is 451 g/mol. The van der Waals surface area contributed by atoms with Gasteiger partial charge in [0.25, 0.3) is 11.8 Å². The first-order valence-electron chi connectivity index (χ1n) is 10.6. The predicted molar refractivity (Wildman–Crippen MR) is 123 cm³/mol. The molecule has 0 bridgehead atoms. The van der Waals surface area contributed by atoms with Crippen LogP contribution in [0.5, 0.6) is 0 Å². The third kappa shape index (κ3) is 5.24. The van der Waals surface area contributed by atoms with Crippen LogP contribution in [0.2, 0.25) is 0 Å². The normalized spacial score (nSPS) is 15.0. The Balaban J connectivity index is 1.28. The summed E-state index contributed by atoms with van der Waals surface area (Å²) in [5, 5.41) is 23.2. The lowest BCUT2D eigenvalue weighted by molar-refractivity contribution is -0.153. The second kappa shape index (κ2) is 10.1. The first-order valence-corrected chi connectivity index (χ1v) is 11.4. The maximum atomic E-state index is 12.6. The number of nitrogens with zero attached hydrogens (tertiary/aromatic N) is 1. The van der Waals surface area contributed by atoms with E-state index < -0.39 is 24.0 Å².